The zero-order chi connectivity index (χ0) is 17.6. The molecule has 0 bridgehead atoms. The lowest BCUT2D eigenvalue weighted by Gasteiger charge is -2.24. The predicted molar refractivity (Wildman–Crippen MR) is 92.6 cm³/mol. The molecule has 1 saturated carbocycles. The SMILES string of the molecule is CC(C1CC1)N1CC(C(=O)NCc2ccc3c(c2)CC(=O)N3)CC1=O. The van der Waals surface area contributed by atoms with Crippen molar-refractivity contribution in [1.29, 1.82) is 0 Å². The van der Waals surface area contributed by atoms with E-state index in [1.807, 2.05) is 23.1 Å². The third-order valence-electron chi connectivity index (χ3n) is 5.59. The van der Waals surface area contributed by atoms with E-state index in [9.17, 15) is 14.4 Å². The molecule has 1 aliphatic carbocycles. The standard InChI is InChI=1S/C19H23N3O3/c1-11(13-3-4-13)22-10-15(8-18(22)24)19(25)20-9-12-2-5-16-14(6-12)7-17(23)21-16/h2,5-6,11,13,15H,3-4,7-10H2,1H3,(H,20,25)(H,21,23). The summed E-state index contributed by atoms with van der Waals surface area (Å²) in [6, 6.07) is 5.99. The van der Waals surface area contributed by atoms with Crippen LogP contribution < -0.4 is 10.6 Å². The first kappa shape index (κ1) is 16.1. The molecule has 2 heterocycles. The zero-order valence-electron chi connectivity index (χ0n) is 14.4. The van der Waals surface area contributed by atoms with Crippen LogP contribution in [-0.4, -0.2) is 35.2 Å². The molecule has 6 nitrogen and oxygen atoms in total. The van der Waals surface area contributed by atoms with Crippen molar-refractivity contribution in [3.05, 3.63) is 29.3 Å². The molecule has 3 amide bonds. The Labute approximate surface area is 147 Å². The molecule has 0 radical (unpaired) electrons. The van der Waals surface area contributed by atoms with Crippen molar-refractivity contribution < 1.29 is 14.4 Å². The average Bonchev–Trinajstić information content (AvgIpc) is 3.26. The summed E-state index contributed by atoms with van der Waals surface area (Å²) in [4.78, 5) is 37.9. The third kappa shape index (κ3) is 3.25. The summed E-state index contributed by atoms with van der Waals surface area (Å²) < 4.78 is 0. The van der Waals surface area contributed by atoms with Crippen LogP contribution in [0.2, 0.25) is 0 Å². The number of carbonyl (C=O) groups excluding carboxylic acids is 3. The van der Waals surface area contributed by atoms with Gasteiger partial charge in [-0.2, -0.15) is 0 Å². The Bertz CT molecular complexity index is 741. The predicted octanol–water partition coefficient (Wildman–Crippen LogP) is 1.44. The minimum absolute atomic E-state index is 0.00512. The number of nitrogens with zero attached hydrogens (tertiary/aromatic N) is 1. The minimum Gasteiger partial charge on any atom is -0.352 e. The molecule has 2 aliphatic heterocycles. The van der Waals surface area contributed by atoms with Crippen LogP contribution in [0.4, 0.5) is 5.69 Å². The van der Waals surface area contributed by atoms with E-state index in [1.54, 1.807) is 0 Å². The maximum absolute atomic E-state index is 12.4. The normalized spacial score (nSPS) is 23.4. The van der Waals surface area contributed by atoms with Gasteiger partial charge in [0.2, 0.25) is 17.7 Å². The lowest BCUT2D eigenvalue weighted by Crippen LogP contribution is -2.37. The number of carbonyl (C=O) groups is 3. The second-order valence-electron chi connectivity index (χ2n) is 7.46. The van der Waals surface area contributed by atoms with Gasteiger partial charge in [0.1, 0.15) is 0 Å². The fraction of sp³-hybridized carbons (Fsp3) is 0.526. The molecule has 1 saturated heterocycles. The largest absolute Gasteiger partial charge is 0.352 e. The summed E-state index contributed by atoms with van der Waals surface area (Å²) in [6.07, 6.45) is 3.09. The summed E-state index contributed by atoms with van der Waals surface area (Å²) in [5, 5.41) is 5.74. The van der Waals surface area contributed by atoms with Gasteiger partial charge in [0.05, 0.1) is 12.3 Å². The first-order valence-electron chi connectivity index (χ1n) is 9.00. The number of benzene rings is 1. The van der Waals surface area contributed by atoms with Crippen LogP contribution >= 0.6 is 0 Å². The Hall–Kier alpha value is -2.37. The number of likely N-dealkylation sites (tertiary alicyclic amines) is 1. The number of amides is 3. The highest BCUT2D eigenvalue weighted by Gasteiger charge is 2.41. The molecule has 2 unspecified atom stereocenters. The van der Waals surface area contributed by atoms with Gasteiger partial charge in [0, 0.05) is 31.2 Å². The van der Waals surface area contributed by atoms with Crippen LogP contribution in [0.1, 0.15) is 37.3 Å². The Balaban J connectivity index is 1.33. The van der Waals surface area contributed by atoms with Gasteiger partial charge >= 0.3 is 0 Å². The van der Waals surface area contributed by atoms with Crippen LogP contribution in [-0.2, 0) is 27.3 Å². The molecule has 25 heavy (non-hydrogen) atoms. The van der Waals surface area contributed by atoms with Crippen molar-refractivity contribution in [2.45, 2.75) is 45.2 Å². The maximum Gasteiger partial charge on any atom is 0.228 e. The number of fused-ring (bicyclic) bond motifs is 1. The molecule has 1 aromatic carbocycles. The average molecular weight is 341 g/mol. The van der Waals surface area contributed by atoms with E-state index < -0.39 is 0 Å². The van der Waals surface area contributed by atoms with E-state index in [0.717, 1.165) is 16.8 Å². The molecular weight excluding hydrogens is 318 g/mol. The van der Waals surface area contributed by atoms with Gasteiger partial charge < -0.3 is 15.5 Å². The summed E-state index contributed by atoms with van der Waals surface area (Å²) in [5.74, 6) is 0.403. The Kier molecular flexibility index (Phi) is 3.98. The Morgan fingerprint density at radius 2 is 2.16 bits per heavy atom. The van der Waals surface area contributed by atoms with Crippen LogP contribution in [0.3, 0.4) is 0 Å². The number of rotatable bonds is 5. The van der Waals surface area contributed by atoms with Crippen molar-refractivity contribution in [3.63, 3.8) is 0 Å². The number of anilines is 1. The second kappa shape index (κ2) is 6.17. The highest BCUT2D eigenvalue weighted by atomic mass is 16.2. The fourth-order valence-corrected chi connectivity index (χ4v) is 3.86. The van der Waals surface area contributed by atoms with E-state index in [-0.39, 0.29) is 29.7 Å². The minimum atomic E-state index is -0.258. The van der Waals surface area contributed by atoms with Gasteiger partial charge in [-0.15, -0.1) is 0 Å². The van der Waals surface area contributed by atoms with Crippen LogP contribution in [0, 0.1) is 11.8 Å². The lowest BCUT2D eigenvalue weighted by molar-refractivity contribution is -0.130. The van der Waals surface area contributed by atoms with E-state index in [4.69, 9.17) is 0 Å². The van der Waals surface area contributed by atoms with Crippen molar-refractivity contribution >= 4 is 23.4 Å². The molecular formula is C19H23N3O3. The highest BCUT2D eigenvalue weighted by Crippen LogP contribution is 2.37. The van der Waals surface area contributed by atoms with E-state index in [0.29, 0.717) is 31.8 Å². The van der Waals surface area contributed by atoms with Gasteiger partial charge in [-0.1, -0.05) is 12.1 Å². The molecule has 0 aromatic heterocycles. The molecule has 132 valence electrons. The van der Waals surface area contributed by atoms with E-state index >= 15 is 0 Å². The van der Waals surface area contributed by atoms with Gasteiger partial charge in [-0.05, 0) is 42.9 Å². The summed E-state index contributed by atoms with van der Waals surface area (Å²) in [7, 11) is 0. The Morgan fingerprint density at radius 1 is 1.36 bits per heavy atom. The van der Waals surface area contributed by atoms with Gasteiger partial charge in [0.15, 0.2) is 0 Å². The second-order valence-corrected chi connectivity index (χ2v) is 7.46. The van der Waals surface area contributed by atoms with Crippen LogP contribution in [0.25, 0.3) is 0 Å². The number of nitrogens with one attached hydrogen (secondary N) is 2. The monoisotopic (exact) mass is 341 g/mol. The van der Waals surface area contributed by atoms with Crippen molar-refractivity contribution in [2.24, 2.45) is 11.8 Å². The van der Waals surface area contributed by atoms with Gasteiger partial charge in [-0.25, -0.2) is 0 Å². The maximum atomic E-state index is 12.4. The smallest absolute Gasteiger partial charge is 0.228 e. The molecule has 2 fully saturated rings. The fourth-order valence-electron chi connectivity index (χ4n) is 3.86. The Morgan fingerprint density at radius 3 is 2.92 bits per heavy atom. The summed E-state index contributed by atoms with van der Waals surface area (Å²) in [6.45, 7) is 3.05. The first-order valence-corrected chi connectivity index (χ1v) is 9.00. The lowest BCUT2D eigenvalue weighted by atomic mass is 10.1. The third-order valence-corrected chi connectivity index (χ3v) is 5.59. The van der Waals surface area contributed by atoms with E-state index in [1.165, 1.54) is 12.8 Å². The molecule has 2 atom stereocenters. The van der Waals surface area contributed by atoms with E-state index in [2.05, 4.69) is 17.6 Å². The zero-order valence-corrected chi connectivity index (χ0v) is 14.4. The van der Waals surface area contributed by atoms with Gasteiger partial charge in [-0.3, -0.25) is 14.4 Å². The molecule has 1 aromatic rings. The molecule has 6 heteroatoms. The molecule has 0 spiro atoms. The summed E-state index contributed by atoms with van der Waals surface area (Å²) in [5.41, 5.74) is 2.79. The summed E-state index contributed by atoms with van der Waals surface area (Å²) >= 11 is 0. The van der Waals surface area contributed by atoms with Crippen molar-refractivity contribution in [2.75, 3.05) is 11.9 Å². The number of hydrogen-bond acceptors (Lipinski definition) is 3. The molecule has 4 rings (SSSR count). The highest BCUT2D eigenvalue weighted by molar-refractivity contribution is 5.99. The molecule has 2 N–H and O–H groups in total. The van der Waals surface area contributed by atoms with Crippen LogP contribution in [0.15, 0.2) is 18.2 Å². The first-order chi connectivity index (χ1) is 12.0. The molecule has 3 aliphatic rings. The number of hydrogen-bond donors (Lipinski definition) is 2. The van der Waals surface area contributed by atoms with Crippen molar-refractivity contribution in [1.82, 2.24) is 10.2 Å². The van der Waals surface area contributed by atoms with Crippen LogP contribution in [0.5, 0.6) is 0 Å². The topological polar surface area (TPSA) is 78.5 Å². The van der Waals surface area contributed by atoms with Crippen molar-refractivity contribution in [3.8, 4) is 0 Å². The van der Waals surface area contributed by atoms with Gasteiger partial charge in [0.25, 0.3) is 0 Å². The quantitative estimate of drug-likeness (QED) is 0.851.